The molecule has 1 aromatic rings. The van der Waals surface area contributed by atoms with Crippen molar-refractivity contribution in [3.63, 3.8) is 0 Å². The summed E-state index contributed by atoms with van der Waals surface area (Å²) in [5.74, 6) is 2.59. The smallest absolute Gasteiger partial charge is 0.0449 e. The van der Waals surface area contributed by atoms with Gasteiger partial charge in [0.25, 0.3) is 0 Å². The molecule has 0 radical (unpaired) electrons. The Morgan fingerprint density at radius 2 is 2.25 bits per heavy atom. The quantitative estimate of drug-likeness (QED) is 0.695. The zero-order valence-electron chi connectivity index (χ0n) is 6.48. The van der Waals surface area contributed by atoms with Gasteiger partial charge in [-0.3, -0.25) is 0 Å². The number of benzene rings is 1. The van der Waals surface area contributed by atoms with Gasteiger partial charge in [-0.2, -0.15) is 0 Å². The Labute approximate surface area is 86.1 Å². The SMILES string of the molecule is C#CCCc1ccc(Br)cc1Cl. The number of halogens is 2. The second-order valence-electron chi connectivity index (χ2n) is 2.44. The van der Waals surface area contributed by atoms with E-state index in [9.17, 15) is 0 Å². The van der Waals surface area contributed by atoms with Crippen molar-refractivity contribution in [2.75, 3.05) is 0 Å². The molecule has 0 aliphatic carbocycles. The Bertz CT molecular complexity index is 312. The number of rotatable bonds is 2. The largest absolute Gasteiger partial charge is 0.120 e. The highest BCUT2D eigenvalue weighted by atomic mass is 79.9. The van der Waals surface area contributed by atoms with Crippen molar-refractivity contribution in [2.45, 2.75) is 12.8 Å². The standard InChI is InChI=1S/C10H8BrCl/c1-2-3-4-8-5-6-9(11)7-10(8)12/h1,5-7H,3-4H2. The van der Waals surface area contributed by atoms with E-state index in [1.807, 2.05) is 18.2 Å². The van der Waals surface area contributed by atoms with Crippen LogP contribution in [0.3, 0.4) is 0 Å². The van der Waals surface area contributed by atoms with Crippen molar-refractivity contribution in [2.24, 2.45) is 0 Å². The summed E-state index contributed by atoms with van der Waals surface area (Å²) >= 11 is 9.31. The molecule has 0 aliphatic heterocycles. The van der Waals surface area contributed by atoms with E-state index in [1.165, 1.54) is 0 Å². The summed E-state index contributed by atoms with van der Waals surface area (Å²) in [6.07, 6.45) is 6.74. The van der Waals surface area contributed by atoms with Crippen LogP contribution in [0.5, 0.6) is 0 Å². The average Bonchev–Trinajstić information content (AvgIpc) is 2.03. The van der Waals surface area contributed by atoms with Gasteiger partial charge in [-0.15, -0.1) is 12.3 Å². The summed E-state index contributed by atoms with van der Waals surface area (Å²) in [5, 5.41) is 0.777. The van der Waals surface area contributed by atoms with Crippen LogP contribution in [0.4, 0.5) is 0 Å². The topological polar surface area (TPSA) is 0 Å². The summed E-state index contributed by atoms with van der Waals surface area (Å²) in [7, 11) is 0. The molecule has 0 bridgehead atoms. The van der Waals surface area contributed by atoms with Gasteiger partial charge >= 0.3 is 0 Å². The van der Waals surface area contributed by atoms with E-state index >= 15 is 0 Å². The highest BCUT2D eigenvalue weighted by molar-refractivity contribution is 9.10. The predicted molar refractivity (Wildman–Crippen MR) is 56.3 cm³/mol. The Hall–Kier alpha value is -0.450. The summed E-state index contributed by atoms with van der Waals surface area (Å²) in [6, 6.07) is 5.84. The molecule has 0 aliphatic rings. The molecular weight excluding hydrogens is 235 g/mol. The highest BCUT2D eigenvalue weighted by Crippen LogP contribution is 2.22. The molecule has 12 heavy (non-hydrogen) atoms. The van der Waals surface area contributed by atoms with E-state index in [1.54, 1.807) is 0 Å². The van der Waals surface area contributed by atoms with Crippen LogP contribution in [0.2, 0.25) is 5.02 Å². The van der Waals surface area contributed by atoms with Crippen molar-refractivity contribution in [3.8, 4) is 12.3 Å². The van der Waals surface area contributed by atoms with E-state index in [0.717, 1.165) is 27.9 Å². The molecule has 0 N–H and O–H groups in total. The third-order valence-electron chi connectivity index (χ3n) is 1.55. The summed E-state index contributed by atoms with van der Waals surface area (Å²) in [4.78, 5) is 0. The van der Waals surface area contributed by atoms with E-state index in [0.29, 0.717) is 0 Å². The summed E-state index contributed by atoms with van der Waals surface area (Å²) in [6.45, 7) is 0. The van der Waals surface area contributed by atoms with Crippen LogP contribution in [-0.4, -0.2) is 0 Å². The molecule has 0 nitrogen and oxygen atoms in total. The average molecular weight is 244 g/mol. The maximum absolute atomic E-state index is 5.97. The lowest BCUT2D eigenvalue weighted by molar-refractivity contribution is 1.03. The van der Waals surface area contributed by atoms with Crippen LogP contribution in [0.15, 0.2) is 22.7 Å². The minimum absolute atomic E-state index is 0.737. The first-order valence-electron chi connectivity index (χ1n) is 3.61. The number of aryl methyl sites for hydroxylation is 1. The minimum Gasteiger partial charge on any atom is -0.120 e. The van der Waals surface area contributed by atoms with Crippen molar-refractivity contribution >= 4 is 27.5 Å². The van der Waals surface area contributed by atoms with Crippen molar-refractivity contribution in [1.29, 1.82) is 0 Å². The van der Waals surface area contributed by atoms with Crippen molar-refractivity contribution < 1.29 is 0 Å². The zero-order valence-corrected chi connectivity index (χ0v) is 8.82. The van der Waals surface area contributed by atoms with Gasteiger partial charge in [0.05, 0.1) is 0 Å². The Balaban J connectivity index is 2.81. The fraction of sp³-hybridized carbons (Fsp3) is 0.200. The van der Waals surface area contributed by atoms with Crippen LogP contribution >= 0.6 is 27.5 Å². The maximum atomic E-state index is 5.97. The summed E-state index contributed by atoms with van der Waals surface area (Å²) in [5.41, 5.74) is 1.11. The van der Waals surface area contributed by atoms with Gasteiger partial charge in [0, 0.05) is 15.9 Å². The second kappa shape index (κ2) is 4.54. The molecule has 0 spiro atoms. The lowest BCUT2D eigenvalue weighted by Gasteiger charge is -2.01. The lowest BCUT2D eigenvalue weighted by Crippen LogP contribution is -1.84. The van der Waals surface area contributed by atoms with Gasteiger partial charge in [0.2, 0.25) is 0 Å². The Kier molecular flexibility index (Phi) is 3.65. The van der Waals surface area contributed by atoms with Gasteiger partial charge in [-0.25, -0.2) is 0 Å². The van der Waals surface area contributed by atoms with Gasteiger partial charge in [0.1, 0.15) is 0 Å². The zero-order chi connectivity index (χ0) is 8.97. The van der Waals surface area contributed by atoms with E-state index in [-0.39, 0.29) is 0 Å². The second-order valence-corrected chi connectivity index (χ2v) is 3.76. The van der Waals surface area contributed by atoms with Gasteiger partial charge in [-0.1, -0.05) is 33.6 Å². The van der Waals surface area contributed by atoms with Crippen LogP contribution < -0.4 is 0 Å². The molecule has 0 atom stereocenters. The van der Waals surface area contributed by atoms with Crippen LogP contribution in [0, 0.1) is 12.3 Å². The third-order valence-corrected chi connectivity index (χ3v) is 2.40. The van der Waals surface area contributed by atoms with Gasteiger partial charge < -0.3 is 0 Å². The Morgan fingerprint density at radius 1 is 1.50 bits per heavy atom. The van der Waals surface area contributed by atoms with Gasteiger partial charge in [-0.05, 0) is 24.1 Å². The molecule has 0 saturated carbocycles. The minimum atomic E-state index is 0.737. The monoisotopic (exact) mass is 242 g/mol. The fourth-order valence-electron chi connectivity index (χ4n) is 0.931. The lowest BCUT2D eigenvalue weighted by atomic mass is 10.1. The number of hydrogen-bond acceptors (Lipinski definition) is 0. The molecule has 0 amide bonds. The maximum Gasteiger partial charge on any atom is 0.0449 e. The third kappa shape index (κ3) is 2.55. The molecular formula is C10H8BrCl. The van der Waals surface area contributed by atoms with Crippen molar-refractivity contribution in [1.82, 2.24) is 0 Å². The molecule has 1 aromatic carbocycles. The fourth-order valence-corrected chi connectivity index (χ4v) is 1.70. The predicted octanol–water partition coefficient (Wildman–Crippen LogP) is 3.67. The van der Waals surface area contributed by atoms with E-state index in [2.05, 4.69) is 21.9 Å². The molecule has 2 heteroatoms. The molecule has 62 valence electrons. The molecule has 0 aromatic heterocycles. The van der Waals surface area contributed by atoms with Gasteiger partial charge in [0.15, 0.2) is 0 Å². The molecule has 0 heterocycles. The van der Waals surface area contributed by atoms with E-state index < -0.39 is 0 Å². The molecule has 0 unspecified atom stereocenters. The first kappa shape index (κ1) is 9.64. The van der Waals surface area contributed by atoms with Crippen LogP contribution in [-0.2, 0) is 6.42 Å². The number of terminal acetylenes is 1. The molecule has 1 rings (SSSR count). The molecule has 0 fully saturated rings. The number of hydrogen-bond donors (Lipinski definition) is 0. The molecule has 0 saturated heterocycles. The highest BCUT2D eigenvalue weighted by Gasteiger charge is 1.98. The van der Waals surface area contributed by atoms with Crippen LogP contribution in [0.1, 0.15) is 12.0 Å². The first-order valence-corrected chi connectivity index (χ1v) is 4.78. The first-order chi connectivity index (χ1) is 5.74. The van der Waals surface area contributed by atoms with Crippen LogP contribution in [0.25, 0.3) is 0 Å². The normalized spacial score (nSPS) is 9.42. The van der Waals surface area contributed by atoms with Crippen molar-refractivity contribution in [3.05, 3.63) is 33.3 Å². The summed E-state index contributed by atoms with van der Waals surface area (Å²) < 4.78 is 0.997. The van der Waals surface area contributed by atoms with E-state index in [4.69, 9.17) is 18.0 Å². The Morgan fingerprint density at radius 3 is 2.83 bits per heavy atom.